The van der Waals surface area contributed by atoms with Crippen LogP contribution in [0.5, 0.6) is 5.75 Å². The molecule has 5 nitrogen and oxygen atoms in total. The van der Waals surface area contributed by atoms with E-state index in [4.69, 9.17) is 4.74 Å². The summed E-state index contributed by atoms with van der Waals surface area (Å²) in [5.41, 5.74) is 0.668. The lowest BCUT2D eigenvalue weighted by Gasteiger charge is -2.11. The lowest BCUT2D eigenvalue weighted by Crippen LogP contribution is -2.17. The van der Waals surface area contributed by atoms with Gasteiger partial charge in [-0.1, -0.05) is 0 Å². The van der Waals surface area contributed by atoms with E-state index in [1.54, 1.807) is 24.1 Å². The molecule has 2 rings (SSSR count). The Labute approximate surface area is 119 Å². The summed E-state index contributed by atoms with van der Waals surface area (Å²) in [4.78, 5) is 4.13. The molecule has 0 saturated heterocycles. The highest BCUT2D eigenvalue weighted by atomic mass is 19.4. The molecule has 1 aromatic heterocycles. The molecule has 8 heteroatoms. The number of anilines is 1. The van der Waals surface area contributed by atoms with Crippen molar-refractivity contribution in [2.24, 2.45) is 0 Å². The first kappa shape index (κ1) is 15.2. The van der Waals surface area contributed by atoms with E-state index in [9.17, 15) is 13.2 Å². The highest BCUT2D eigenvalue weighted by Crippen LogP contribution is 2.24. The number of nitrogens with zero attached hydrogens (tertiary/aromatic N) is 2. The van der Waals surface area contributed by atoms with Crippen LogP contribution in [0.1, 0.15) is 0 Å². The van der Waals surface area contributed by atoms with Crippen LogP contribution in [0.2, 0.25) is 0 Å². The van der Waals surface area contributed by atoms with Gasteiger partial charge in [0.05, 0.1) is 6.61 Å². The van der Waals surface area contributed by atoms with Gasteiger partial charge in [0.1, 0.15) is 5.75 Å². The second-order valence-corrected chi connectivity index (χ2v) is 4.08. The first-order valence-electron chi connectivity index (χ1n) is 6.12. The molecule has 0 amide bonds. The fraction of sp³-hybridized carbons (Fsp3) is 0.308. The Bertz CT molecular complexity index is 567. The molecule has 0 fully saturated rings. The molecule has 0 atom stereocenters. The Morgan fingerprint density at radius 3 is 2.57 bits per heavy atom. The summed E-state index contributed by atoms with van der Waals surface area (Å²) in [6, 6.07) is 5.54. The Hall–Kier alpha value is -2.22. The number of alkyl halides is 3. The van der Waals surface area contributed by atoms with Crippen LogP contribution in [-0.4, -0.2) is 36.2 Å². The number of hydrogen-bond donors (Lipinski definition) is 1. The van der Waals surface area contributed by atoms with Gasteiger partial charge < -0.3 is 14.8 Å². The molecule has 114 valence electrons. The molecule has 0 spiro atoms. The van der Waals surface area contributed by atoms with Gasteiger partial charge in [-0.25, -0.2) is 4.98 Å². The van der Waals surface area contributed by atoms with Crippen molar-refractivity contribution in [2.45, 2.75) is 6.36 Å². The van der Waals surface area contributed by atoms with Crippen molar-refractivity contribution in [2.75, 3.05) is 25.6 Å². The molecule has 0 aliphatic heterocycles. The first-order valence-corrected chi connectivity index (χ1v) is 6.12. The maximum atomic E-state index is 12.1. The lowest BCUT2D eigenvalue weighted by molar-refractivity contribution is -0.274. The molecule has 0 unspecified atom stereocenters. The average molecular weight is 301 g/mol. The molecular weight excluding hydrogens is 287 g/mol. The van der Waals surface area contributed by atoms with Gasteiger partial charge in [0, 0.05) is 31.7 Å². The van der Waals surface area contributed by atoms with Crippen molar-refractivity contribution in [1.82, 2.24) is 9.55 Å². The quantitative estimate of drug-likeness (QED) is 0.834. The number of hydrogen-bond acceptors (Lipinski definition) is 4. The van der Waals surface area contributed by atoms with Gasteiger partial charge in [-0.05, 0) is 24.3 Å². The van der Waals surface area contributed by atoms with Crippen LogP contribution in [-0.2, 0) is 4.74 Å². The zero-order chi connectivity index (χ0) is 15.3. The third kappa shape index (κ3) is 4.38. The minimum absolute atomic E-state index is 0.264. The van der Waals surface area contributed by atoms with Crippen molar-refractivity contribution >= 4 is 5.95 Å². The van der Waals surface area contributed by atoms with Gasteiger partial charge >= 0.3 is 6.36 Å². The Kier molecular flexibility index (Phi) is 4.69. The van der Waals surface area contributed by atoms with Crippen LogP contribution < -0.4 is 10.1 Å². The van der Waals surface area contributed by atoms with E-state index < -0.39 is 6.36 Å². The summed E-state index contributed by atoms with van der Waals surface area (Å²) in [7, 11) is 1.59. The average Bonchev–Trinajstić information content (AvgIpc) is 2.86. The number of rotatable bonds is 6. The van der Waals surface area contributed by atoms with Crippen molar-refractivity contribution in [1.29, 1.82) is 0 Å². The number of aromatic nitrogens is 2. The molecule has 0 saturated carbocycles. The van der Waals surface area contributed by atoms with Crippen molar-refractivity contribution in [3.8, 4) is 11.4 Å². The monoisotopic (exact) mass is 301 g/mol. The van der Waals surface area contributed by atoms with E-state index in [0.29, 0.717) is 24.8 Å². The van der Waals surface area contributed by atoms with Crippen LogP contribution in [0.4, 0.5) is 19.1 Å². The predicted molar refractivity (Wildman–Crippen MR) is 70.6 cm³/mol. The molecule has 0 aliphatic rings. The highest BCUT2D eigenvalue weighted by Gasteiger charge is 2.30. The third-order valence-corrected chi connectivity index (χ3v) is 2.58. The number of benzene rings is 1. The third-order valence-electron chi connectivity index (χ3n) is 2.58. The SMILES string of the molecule is COCCNc1nccn1-c1ccc(OC(F)(F)F)cc1. The Morgan fingerprint density at radius 2 is 1.95 bits per heavy atom. The van der Waals surface area contributed by atoms with Crippen molar-refractivity contribution in [3.05, 3.63) is 36.7 Å². The van der Waals surface area contributed by atoms with Crippen molar-refractivity contribution in [3.63, 3.8) is 0 Å². The van der Waals surface area contributed by atoms with Crippen molar-refractivity contribution < 1.29 is 22.6 Å². The van der Waals surface area contributed by atoms with Crippen LogP contribution in [0.3, 0.4) is 0 Å². The largest absolute Gasteiger partial charge is 0.573 e. The minimum Gasteiger partial charge on any atom is -0.406 e. The normalized spacial score (nSPS) is 11.4. The Morgan fingerprint density at radius 1 is 1.24 bits per heavy atom. The van der Waals surface area contributed by atoms with Gasteiger partial charge in [0.2, 0.25) is 5.95 Å². The number of ether oxygens (including phenoxy) is 2. The molecular formula is C13H14F3N3O2. The maximum Gasteiger partial charge on any atom is 0.573 e. The van der Waals surface area contributed by atoms with Crippen LogP contribution >= 0.6 is 0 Å². The smallest absolute Gasteiger partial charge is 0.406 e. The second-order valence-electron chi connectivity index (χ2n) is 4.08. The number of imidazole rings is 1. The summed E-state index contributed by atoms with van der Waals surface area (Å²) < 4.78 is 46.7. The van der Waals surface area contributed by atoms with Gasteiger partial charge in [0.15, 0.2) is 0 Å². The number of halogens is 3. The van der Waals surface area contributed by atoms with Gasteiger partial charge in [-0.3, -0.25) is 4.57 Å². The maximum absolute atomic E-state index is 12.1. The van der Waals surface area contributed by atoms with E-state index in [1.807, 2.05) is 0 Å². The highest BCUT2D eigenvalue weighted by molar-refractivity contribution is 5.44. The predicted octanol–water partition coefficient (Wildman–Crippen LogP) is 2.83. The summed E-state index contributed by atoms with van der Waals surface area (Å²) in [5, 5.41) is 3.06. The number of nitrogens with one attached hydrogen (secondary N) is 1. The zero-order valence-corrected chi connectivity index (χ0v) is 11.2. The van der Waals surface area contributed by atoms with E-state index in [2.05, 4.69) is 15.0 Å². The van der Waals surface area contributed by atoms with E-state index >= 15 is 0 Å². The molecule has 2 aromatic rings. The molecule has 0 radical (unpaired) electrons. The van der Waals surface area contributed by atoms with Crippen LogP contribution in [0.25, 0.3) is 5.69 Å². The molecule has 1 aromatic carbocycles. The fourth-order valence-electron chi connectivity index (χ4n) is 1.72. The Balaban J connectivity index is 2.10. The summed E-state index contributed by atoms with van der Waals surface area (Å²) in [6.45, 7) is 1.09. The first-order chi connectivity index (χ1) is 9.99. The lowest BCUT2D eigenvalue weighted by atomic mass is 10.3. The van der Waals surface area contributed by atoms with E-state index in [1.165, 1.54) is 24.3 Å². The zero-order valence-electron chi connectivity index (χ0n) is 11.2. The molecule has 0 bridgehead atoms. The molecule has 0 aliphatic carbocycles. The van der Waals surface area contributed by atoms with Crippen LogP contribution in [0.15, 0.2) is 36.7 Å². The summed E-state index contributed by atoms with van der Waals surface area (Å²) in [5.74, 6) is 0.316. The summed E-state index contributed by atoms with van der Waals surface area (Å²) in [6.07, 6.45) is -1.40. The van der Waals surface area contributed by atoms with Crippen LogP contribution in [0, 0.1) is 0 Å². The summed E-state index contributed by atoms with van der Waals surface area (Å²) >= 11 is 0. The van der Waals surface area contributed by atoms with E-state index in [0.717, 1.165) is 0 Å². The molecule has 21 heavy (non-hydrogen) atoms. The molecule has 1 heterocycles. The van der Waals surface area contributed by atoms with Gasteiger partial charge in [0.25, 0.3) is 0 Å². The topological polar surface area (TPSA) is 48.3 Å². The van der Waals surface area contributed by atoms with Gasteiger partial charge in [-0.2, -0.15) is 0 Å². The minimum atomic E-state index is -4.69. The standard InChI is InChI=1S/C13H14F3N3O2/c1-20-9-7-18-12-17-6-8-19(12)10-2-4-11(5-3-10)21-13(14,15)16/h2-6,8H,7,9H2,1H3,(H,17,18). The second kappa shape index (κ2) is 6.49. The fourth-order valence-corrected chi connectivity index (χ4v) is 1.72. The van der Waals surface area contributed by atoms with Gasteiger partial charge in [-0.15, -0.1) is 13.2 Å². The van der Waals surface area contributed by atoms with E-state index in [-0.39, 0.29) is 5.75 Å². The number of methoxy groups -OCH3 is 1. The molecule has 1 N–H and O–H groups in total.